The molecule has 0 saturated carbocycles. The molecule has 0 heterocycles. The standard InChI is InChI=1S/C15H14BrNO/c1-9-6-7-11(8-10(9)2)15(18)12-4-3-5-13(17)14(12)16/h3-8H,17H2,1-2H3. The Balaban J connectivity index is 2.48. The predicted molar refractivity (Wildman–Crippen MR) is 77.9 cm³/mol. The Morgan fingerprint density at radius 1 is 1.11 bits per heavy atom. The molecule has 0 radical (unpaired) electrons. The monoisotopic (exact) mass is 303 g/mol. The fraction of sp³-hybridized carbons (Fsp3) is 0.133. The Morgan fingerprint density at radius 2 is 1.83 bits per heavy atom. The summed E-state index contributed by atoms with van der Waals surface area (Å²) < 4.78 is 0.660. The Morgan fingerprint density at radius 3 is 2.50 bits per heavy atom. The molecule has 0 aliphatic heterocycles. The molecule has 3 heteroatoms. The lowest BCUT2D eigenvalue weighted by Crippen LogP contribution is -2.04. The number of hydrogen-bond donors (Lipinski definition) is 1. The molecule has 0 aliphatic rings. The van der Waals surface area contributed by atoms with Crippen LogP contribution in [-0.2, 0) is 0 Å². The van der Waals surface area contributed by atoms with Crippen molar-refractivity contribution in [2.45, 2.75) is 13.8 Å². The second-order valence-corrected chi connectivity index (χ2v) is 5.13. The SMILES string of the molecule is Cc1ccc(C(=O)c2cccc(N)c2Br)cc1C. The molecule has 0 spiro atoms. The van der Waals surface area contributed by atoms with E-state index >= 15 is 0 Å². The van der Waals surface area contributed by atoms with Crippen LogP contribution in [0.5, 0.6) is 0 Å². The molecule has 2 nitrogen and oxygen atoms in total. The highest BCUT2D eigenvalue weighted by Gasteiger charge is 2.14. The van der Waals surface area contributed by atoms with Crippen LogP contribution in [0.4, 0.5) is 5.69 Å². The van der Waals surface area contributed by atoms with Crippen LogP contribution in [0.3, 0.4) is 0 Å². The lowest BCUT2D eigenvalue weighted by molar-refractivity contribution is 0.103. The summed E-state index contributed by atoms with van der Waals surface area (Å²) in [6, 6.07) is 11.0. The predicted octanol–water partition coefficient (Wildman–Crippen LogP) is 3.88. The molecule has 2 aromatic carbocycles. The minimum Gasteiger partial charge on any atom is -0.398 e. The number of hydrogen-bond acceptors (Lipinski definition) is 2. The maximum absolute atomic E-state index is 12.4. The normalized spacial score (nSPS) is 10.4. The first-order chi connectivity index (χ1) is 8.50. The van der Waals surface area contributed by atoms with Gasteiger partial charge in [0, 0.05) is 16.8 Å². The lowest BCUT2D eigenvalue weighted by Gasteiger charge is -2.08. The van der Waals surface area contributed by atoms with Crippen LogP contribution in [0.2, 0.25) is 0 Å². The van der Waals surface area contributed by atoms with Gasteiger partial charge in [-0.1, -0.05) is 18.2 Å². The first-order valence-corrected chi connectivity index (χ1v) is 6.46. The number of rotatable bonds is 2. The third-order valence-corrected chi connectivity index (χ3v) is 3.93. The summed E-state index contributed by atoms with van der Waals surface area (Å²) in [7, 11) is 0. The third kappa shape index (κ3) is 2.31. The number of aryl methyl sites for hydroxylation is 2. The maximum Gasteiger partial charge on any atom is 0.194 e. The highest BCUT2D eigenvalue weighted by molar-refractivity contribution is 9.10. The van der Waals surface area contributed by atoms with Gasteiger partial charge in [0.1, 0.15) is 0 Å². The Bertz CT molecular complexity index is 620. The average molecular weight is 304 g/mol. The van der Waals surface area contributed by atoms with Crippen molar-refractivity contribution in [1.82, 2.24) is 0 Å². The molecule has 0 bridgehead atoms. The first-order valence-electron chi connectivity index (χ1n) is 5.66. The zero-order valence-corrected chi connectivity index (χ0v) is 11.9. The van der Waals surface area contributed by atoms with Crippen molar-refractivity contribution < 1.29 is 4.79 Å². The molecule has 0 fully saturated rings. The summed E-state index contributed by atoms with van der Waals surface area (Å²) in [6.45, 7) is 4.03. The zero-order chi connectivity index (χ0) is 13.3. The number of anilines is 1. The molecule has 0 atom stereocenters. The summed E-state index contributed by atoms with van der Waals surface area (Å²) in [5, 5.41) is 0. The van der Waals surface area contributed by atoms with Crippen LogP contribution in [-0.4, -0.2) is 5.78 Å². The summed E-state index contributed by atoms with van der Waals surface area (Å²) >= 11 is 3.37. The fourth-order valence-electron chi connectivity index (χ4n) is 1.76. The molecule has 2 rings (SSSR count). The van der Waals surface area contributed by atoms with E-state index in [-0.39, 0.29) is 5.78 Å². The van der Waals surface area contributed by atoms with Crippen molar-refractivity contribution in [3.63, 3.8) is 0 Å². The molecule has 2 N–H and O–H groups in total. The van der Waals surface area contributed by atoms with Crippen LogP contribution in [0.1, 0.15) is 27.0 Å². The van der Waals surface area contributed by atoms with Gasteiger partial charge in [-0.05, 0) is 59.1 Å². The molecular formula is C15H14BrNO. The van der Waals surface area contributed by atoms with E-state index in [9.17, 15) is 4.79 Å². The molecule has 18 heavy (non-hydrogen) atoms. The van der Waals surface area contributed by atoms with E-state index in [1.54, 1.807) is 18.2 Å². The Kier molecular flexibility index (Phi) is 3.53. The molecule has 0 unspecified atom stereocenters. The van der Waals surface area contributed by atoms with Crippen LogP contribution in [0, 0.1) is 13.8 Å². The maximum atomic E-state index is 12.4. The van der Waals surface area contributed by atoms with Crippen LogP contribution >= 0.6 is 15.9 Å². The van der Waals surface area contributed by atoms with Crippen molar-refractivity contribution in [1.29, 1.82) is 0 Å². The average Bonchev–Trinajstić information content (AvgIpc) is 2.35. The van der Waals surface area contributed by atoms with E-state index in [0.29, 0.717) is 21.3 Å². The lowest BCUT2D eigenvalue weighted by atomic mass is 9.99. The number of ketones is 1. The van der Waals surface area contributed by atoms with Gasteiger partial charge in [0.2, 0.25) is 0 Å². The minimum atomic E-state index is -0.0164. The van der Waals surface area contributed by atoms with Gasteiger partial charge >= 0.3 is 0 Å². The van der Waals surface area contributed by atoms with E-state index in [2.05, 4.69) is 15.9 Å². The van der Waals surface area contributed by atoms with E-state index in [0.717, 1.165) is 5.56 Å². The van der Waals surface area contributed by atoms with Crippen LogP contribution in [0.25, 0.3) is 0 Å². The summed E-state index contributed by atoms with van der Waals surface area (Å²) in [6.07, 6.45) is 0. The molecule has 0 aromatic heterocycles. The van der Waals surface area contributed by atoms with Gasteiger partial charge < -0.3 is 5.73 Å². The number of benzene rings is 2. The Hall–Kier alpha value is -1.61. The number of carbonyl (C=O) groups is 1. The summed E-state index contributed by atoms with van der Waals surface area (Å²) in [4.78, 5) is 12.4. The molecule has 92 valence electrons. The third-order valence-electron chi connectivity index (χ3n) is 3.04. The number of carbonyl (C=O) groups excluding carboxylic acids is 1. The van der Waals surface area contributed by atoms with Gasteiger partial charge in [0.25, 0.3) is 0 Å². The molecular weight excluding hydrogens is 290 g/mol. The summed E-state index contributed by atoms with van der Waals surface area (Å²) in [5.74, 6) is -0.0164. The van der Waals surface area contributed by atoms with Gasteiger partial charge in [-0.25, -0.2) is 0 Å². The van der Waals surface area contributed by atoms with Crippen LogP contribution in [0.15, 0.2) is 40.9 Å². The molecule has 0 saturated heterocycles. The minimum absolute atomic E-state index is 0.0164. The fourth-order valence-corrected chi connectivity index (χ4v) is 2.21. The van der Waals surface area contributed by atoms with Gasteiger partial charge in [-0.15, -0.1) is 0 Å². The van der Waals surface area contributed by atoms with E-state index in [1.807, 2.05) is 32.0 Å². The van der Waals surface area contributed by atoms with E-state index in [1.165, 1.54) is 5.56 Å². The quantitative estimate of drug-likeness (QED) is 0.676. The molecule has 0 aliphatic carbocycles. The van der Waals surface area contributed by atoms with Crippen molar-refractivity contribution >= 4 is 27.4 Å². The number of halogens is 1. The summed E-state index contributed by atoms with van der Waals surface area (Å²) in [5.41, 5.74) is 9.94. The molecule has 0 amide bonds. The van der Waals surface area contributed by atoms with E-state index in [4.69, 9.17) is 5.73 Å². The van der Waals surface area contributed by atoms with Gasteiger partial charge in [-0.3, -0.25) is 4.79 Å². The largest absolute Gasteiger partial charge is 0.398 e. The van der Waals surface area contributed by atoms with Gasteiger partial charge in [0.15, 0.2) is 5.78 Å². The smallest absolute Gasteiger partial charge is 0.194 e. The van der Waals surface area contributed by atoms with Crippen LogP contribution < -0.4 is 5.73 Å². The number of nitrogens with two attached hydrogens (primary N) is 1. The van der Waals surface area contributed by atoms with Crippen molar-refractivity contribution in [2.24, 2.45) is 0 Å². The van der Waals surface area contributed by atoms with Gasteiger partial charge in [0.05, 0.1) is 4.47 Å². The molecule has 2 aromatic rings. The Labute approximate surface area is 115 Å². The van der Waals surface area contributed by atoms with E-state index < -0.39 is 0 Å². The van der Waals surface area contributed by atoms with Crippen molar-refractivity contribution in [3.8, 4) is 0 Å². The topological polar surface area (TPSA) is 43.1 Å². The second kappa shape index (κ2) is 4.94. The van der Waals surface area contributed by atoms with Gasteiger partial charge in [-0.2, -0.15) is 0 Å². The van der Waals surface area contributed by atoms with Crippen molar-refractivity contribution in [3.05, 3.63) is 63.1 Å². The van der Waals surface area contributed by atoms with Crippen molar-refractivity contribution in [2.75, 3.05) is 5.73 Å². The number of nitrogen functional groups attached to an aromatic ring is 1. The zero-order valence-electron chi connectivity index (χ0n) is 10.3. The second-order valence-electron chi connectivity index (χ2n) is 4.34. The highest BCUT2D eigenvalue weighted by atomic mass is 79.9. The first kappa shape index (κ1) is 12.8. The highest BCUT2D eigenvalue weighted by Crippen LogP contribution is 2.26.